The Morgan fingerprint density at radius 2 is 2.25 bits per heavy atom. The van der Waals surface area contributed by atoms with Crippen molar-refractivity contribution >= 4 is 5.91 Å². The van der Waals surface area contributed by atoms with E-state index in [1.165, 1.54) is 0 Å². The van der Waals surface area contributed by atoms with E-state index in [0.717, 1.165) is 18.5 Å². The van der Waals surface area contributed by atoms with Crippen molar-refractivity contribution in [2.45, 2.75) is 45.3 Å². The summed E-state index contributed by atoms with van der Waals surface area (Å²) in [6.45, 7) is 3.77. The topological polar surface area (TPSA) is 111 Å². The average molecular weight is 331 g/mol. The fourth-order valence-corrected chi connectivity index (χ4v) is 2.74. The van der Waals surface area contributed by atoms with Crippen LogP contribution in [0.2, 0.25) is 0 Å². The molecule has 1 fully saturated rings. The number of aromatic nitrogens is 2. The van der Waals surface area contributed by atoms with Crippen LogP contribution >= 0.6 is 0 Å². The molecule has 0 aromatic carbocycles. The molecular weight excluding hydrogens is 310 g/mol. The maximum Gasteiger partial charge on any atom is 0.250 e. The van der Waals surface area contributed by atoms with Gasteiger partial charge in [0.05, 0.1) is 22.6 Å². The van der Waals surface area contributed by atoms with Gasteiger partial charge in [-0.1, -0.05) is 5.16 Å². The first-order valence-corrected chi connectivity index (χ1v) is 7.92. The predicted molar refractivity (Wildman–Crippen MR) is 85.4 cm³/mol. The van der Waals surface area contributed by atoms with Crippen LogP contribution in [0.4, 0.5) is 0 Å². The number of nitrogens with two attached hydrogens (primary N) is 1. The highest BCUT2D eigenvalue weighted by Crippen LogP contribution is 2.41. The molecule has 24 heavy (non-hydrogen) atoms. The van der Waals surface area contributed by atoms with Gasteiger partial charge in [0.2, 0.25) is 5.88 Å². The summed E-state index contributed by atoms with van der Waals surface area (Å²) in [7, 11) is 0. The molecule has 3 N–H and O–H groups in total. The Balaban J connectivity index is 1.78. The third-order valence-corrected chi connectivity index (χ3v) is 4.24. The SMILES string of the molecule is Cc1cc(COc2ccc(C(N)=O)c(C[C@@](C)(O)C3CC3)n2)on1. The van der Waals surface area contributed by atoms with Crippen LogP contribution in [0.25, 0.3) is 0 Å². The number of carbonyl (C=O) groups is 1. The minimum Gasteiger partial charge on any atom is -0.469 e. The van der Waals surface area contributed by atoms with E-state index in [1.807, 2.05) is 6.92 Å². The lowest BCUT2D eigenvalue weighted by Crippen LogP contribution is -2.31. The maximum absolute atomic E-state index is 11.6. The fourth-order valence-electron chi connectivity index (χ4n) is 2.74. The first-order valence-electron chi connectivity index (χ1n) is 7.92. The standard InChI is InChI=1S/C17H21N3O4/c1-10-7-12(24-20-10)9-23-15-6-5-13(16(18)21)14(19-15)8-17(2,22)11-3-4-11/h5-7,11,22H,3-4,8-9H2,1-2H3,(H2,18,21)/t17-/m1/s1. The van der Waals surface area contributed by atoms with E-state index in [4.69, 9.17) is 15.0 Å². The molecule has 0 unspecified atom stereocenters. The van der Waals surface area contributed by atoms with Gasteiger partial charge in [-0.05, 0) is 38.7 Å². The normalized spacial score (nSPS) is 16.6. The van der Waals surface area contributed by atoms with Crippen LogP contribution < -0.4 is 10.5 Å². The number of aliphatic hydroxyl groups is 1. The van der Waals surface area contributed by atoms with E-state index in [9.17, 15) is 9.90 Å². The van der Waals surface area contributed by atoms with Crippen molar-refractivity contribution in [1.29, 1.82) is 0 Å². The number of ether oxygens (including phenoxy) is 1. The molecule has 2 heterocycles. The summed E-state index contributed by atoms with van der Waals surface area (Å²) in [5.41, 5.74) is 6.04. The van der Waals surface area contributed by atoms with Crippen molar-refractivity contribution in [3.8, 4) is 5.88 Å². The van der Waals surface area contributed by atoms with Crippen LogP contribution in [-0.2, 0) is 13.0 Å². The lowest BCUT2D eigenvalue weighted by atomic mass is 9.92. The van der Waals surface area contributed by atoms with Crippen molar-refractivity contribution in [2.75, 3.05) is 0 Å². The highest BCUT2D eigenvalue weighted by Gasteiger charge is 2.40. The van der Waals surface area contributed by atoms with Crippen molar-refractivity contribution < 1.29 is 19.2 Å². The molecule has 3 rings (SSSR count). The Labute approximate surface area is 139 Å². The Hall–Kier alpha value is -2.41. The summed E-state index contributed by atoms with van der Waals surface area (Å²) in [6, 6.07) is 4.93. The summed E-state index contributed by atoms with van der Waals surface area (Å²) in [4.78, 5) is 16.0. The first-order chi connectivity index (χ1) is 11.3. The molecule has 1 aliphatic rings. The highest BCUT2D eigenvalue weighted by molar-refractivity contribution is 5.94. The molecule has 0 aliphatic heterocycles. The lowest BCUT2D eigenvalue weighted by Gasteiger charge is -2.23. The van der Waals surface area contributed by atoms with E-state index >= 15 is 0 Å². The molecule has 128 valence electrons. The molecule has 0 spiro atoms. The molecule has 7 nitrogen and oxygen atoms in total. The van der Waals surface area contributed by atoms with Gasteiger partial charge < -0.3 is 20.1 Å². The maximum atomic E-state index is 11.6. The second-order valence-corrected chi connectivity index (χ2v) is 6.54. The number of rotatable bonds is 7. The third-order valence-electron chi connectivity index (χ3n) is 4.24. The monoisotopic (exact) mass is 331 g/mol. The van der Waals surface area contributed by atoms with Gasteiger partial charge >= 0.3 is 0 Å². The molecule has 1 saturated carbocycles. The van der Waals surface area contributed by atoms with Gasteiger partial charge in [0, 0.05) is 18.6 Å². The summed E-state index contributed by atoms with van der Waals surface area (Å²) in [5.74, 6) is 0.596. The molecule has 2 aromatic heterocycles. The molecule has 0 saturated heterocycles. The zero-order valence-corrected chi connectivity index (χ0v) is 13.8. The number of pyridine rings is 1. The van der Waals surface area contributed by atoms with Gasteiger partial charge in [-0.25, -0.2) is 4.98 Å². The predicted octanol–water partition coefficient (Wildman–Crippen LogP) is 1.76. The number of nitrogens with zero attached hydrogens (tertiary/aromatic N) is 2. The van der Waals surface area contributed by atoms with E-state index in [2.05, 4.69) is 10.1 Å². The van der Waals surface area contributed by atoms with E-state index in [1.54, 1.807) is 25.1 Å². The van der Waals surface area contributed by atoms with Crippen molar-refractivity contribution in [3.05, 3.63) is 40.9 Å². The molecular formula is C17H21N3O4. The number of aryl methyl sites for hydroxylation is 1. The Morgan fingerprint density at radius 1 is 1.50 bits per heavy atom. The van der Waals surface area contributed by atoms with Crippen LogP contribution in [0.3, 0.4) is 0 Å². The van der Waals surface area contributed by atoms with Gasteiger partial charge in [0.1, 0.15) is 0 Å². The molecule has 0 radical (unpaired) electrons. The number of primary amides is 1. The van der Waals surface area contributed by atoms with Crippen molar-refractivity contribution in [3.63, 3.8) is 0 Å². The largest absolute Gasteiger partial charge is 0.469 e. The van der Waals surface area contributed by atoms with Crippen LogP contribution in [0.5, 0.6) is 5.88 Å². The van der Waals surface area contributed by atoms with Gasteiger partial charge in [0.15, 0.2) is 12.4 Å². The second kappa shape index (κ2) is 6.24. The highest BCUT2D eigenvalue weighted by atomic mass is 16.5. The van der Waals surface area contributed by atoms with E-state index in [0.29, 0.717) is 22.9 Å². The summed E-state index contributed by atoms with van der Waals surface area (Å²) in [5, 5.41) is 14.3. The molecule has 2 aromatic rings. The average Bonchev–Trinajstić information content (AvgIpc) is 3.29. The van der Waals surface area contributed by atoms with Crippen molar-refractivity contribution in [1.82, 2.24) is 10.1 Å². The zero-order valence-electron chi connectivity index (χ0n) is 13.8. The van der Waals surface area contributed by atoms with Gasteiger partial charge in [-0.3, -0.25) is 4.79 Å². The Morgan fingerprint density at radius 3 is 2.83 bits per heavy atom. The molecule has 1 aliphatic carbocycles. The van der Waals surface area contributed by atoms with Crippen LogP contribution in [0, 0.1) is 12.8 Å². The second-order valence-electron chi connectivity index (χ2n) is 6.54. The molecule has 1 amide bonds. The minimum absolute atomic E-state index is 0.183. The fraction of sp³-hybridized carbons (Fsp3) is 0.471. The summed E-state index contributed by atoms with van der Waals surface area (Å²) >= 11 is 0. The Kier molecular flexibility index (Phi) is 4.28. The molecule has 1 atom stereocenters. The van der Waals surface area contributed by atoms with E-state index < -0.39 is 11.5 Å². The van der Waals surface area contributed by atoms with Crippen LogP contribution in [0.15, 0.2) is 22.7 Å². The van der Waals surface area contributed by atoms with Gasteiger partial charge in [0.25, 0.3) is 5.91 Å². The summed E-state index contributed by atoms with van der Waals surface area (Å²) < 4.78 is 10.7. The molecule has 0 bridgehead atoms. The number of hydrogen-bond acceptors (Lipinski definition) is 6. The third kappa shape index (κ3) is 3.73. The Bertz CT molecular complexity index is 750. The van der Waals surface area contributed by atoms with Crippen LogP contribution in [-0.4, -0.2) is 26.8 Å². The van der Waals surface area contributed by atoms with Crippen LogP contribution in [0.1, 0.15) is 47.3 Å². The number of hydrogen-bond donors (Lipinski definition) is 2. The molecule has 7 heteroatoms. The van der Waals surface area contributed by atoms with Gasteiger partial charge in [-0.15, -0.1) is 0 Å². The van der Waals surface area contributed by atoms with E-state index in [-0.39, 0.29) is 18.9 Å². The smallest absolute Gasteiger partial charge is 0.250 e. The quantitative estimate of drug-likeness (QED) is 0.799. The van der Waals surface area contributed by atoms with Crippen molar-refractivity contribution in [2.24, 2.45) is 11.7 Å². The lowest BCUT2D eigenvalue weighted by molar-refractivity contribution is 0.0359. The first kappa shape index (κ1) is 16.4. The summed E-state index contributed by atoms with van der Waals surface area (Å²) in [6.07, 6.45) is 2.23. The minimum atomic E-state index is -0.905. The number of amides is 1. The zero-order chi connectivity index (χ0) is 17.3. The number of carbonyl (C=O) groups excluding carboxylic acids is 1. The van der Waals surface area contributed by atoms with Gasteiger partial charge in [-0.2, -0.15) is 0 Å².